The largest absolute Gasteiger partial charge is 0.507 e. The minimum Gasteiger partial charge on any atom is -0.507 e. The number of hydrogen-bond donors (Lipinski definition) is 3. The minimum absolute atomic E-state index is 0.0260. The highest BCUT2D eigenvalue weighted by molar-refractivity contribution is 9.10. The summed E-state index contributed by atoms with van der Waals surface area (Å²) >= 11 is 3.23. The number of amides is 2. The molecule has 118 valence electrons. The normalized spacial score (nSPS) is 10.5. The average molecular weight is 380 g/mol. The molecule has 0 bridgehead atoms. The molecule has 0 unspecified atom stereocenters. The molecule has 2 rings (SSSR count). The predicted molar refractivity (Wildman–Crippen MR) is 86.6 cm³/mol. The van der Waals surface area contributed by atoms with Crippen LogP contribution in [0, 0.1) is 5.82 Å². The maximum Gasteiger partial charge on any atom is 0.329 e. The molecule has 2 aromatic carbocycles. The van der Waals surface area contributed by atoms with Gasteiger partial charge in [0.15, 0.2) is 0 Å². The van der Waals surface area contributed by atoms with Crippen molar-refractivity contribution in [1.82, 2.24) is 5.43 Å². The quantitative estimate of drug-likeness (QED) is 0.434. The average Bonchev–Trinajstić information content (AvgIpc) is 2.52. The summed E-state index contributed by atoms with van der Waals surface area (Å²) in [6, 6.07) is 9.63. The summed E-state index contributed by atoms with van der Waals surface area (Å²) in [7, 11) is 0. The topological polar surface area (TPSA) is 90.8 Å². The highest BCUT2D eigenvalue weighted by Crippen LogP contribution is 2.19. The molecule has 23 heavy (non-hydrogen) atoms. The van der Waals surface area contributed by atoms with Gasteiger partial charge in [-0.3, -0.25) is 9.59 Å². The molecule has 0 aliphatic carbocycles. The SMILES string of the molecule is O=C(N/N=C\c1cc(Br)ccc1O)C(=O)Nc1ccc(F)cc1. The van der Waals surface area contributed by atoms with E-state index in [1.165, 1.54) is 24.4 Å². The molecule has 0 fully saturated rings. The summed E-state index contributed by atoms with van der Waals surface area (Å²) in [5.74, 6) is -2.43. The van der Waals surface area contributed by atoms with Crippen molar-refractivity contribution in [2.45, 2.75) is 0 Å². The smallest absolute Gasteiger partial charge is 0.329 e. The van der Waals surface area contributed by atoms with Gasteiger partial charge in [-0.05, 0) is 42.5 Å². The van der Waals surface area contributed by atoms with E-state index >= 15 is 0 Å². The first kappa shape index (κ1) is 16.6. The number of aromatic hydroxyl groups is 1. The third kappa shape index (κ3) is 4.89. The number of nitrogens with zero attached hydrogens (tertiary/aromatic N) is 1. The van der Waals surface area contributed by atoms with E-state index in [1.807, 2.05) is 5.43 Å². The van der Waals surface area contributed by atoms with Crippen molar-refractivity contribution in [3.8, 4) is 5.75 Å². The van der Waals surface area contributed by atoms with Crippen LogP contribution in [0.5, 0.6) is 5.75 Å². The highest BCUT2D eigenvalue weighted by Gasteiger charge is 2.12. The van der Waals surface area contributed by atoms with E-state index in [4.69, 9.17) is 0 Å². The minimum atomic E-state index is -1.000. The van der Waals surface area contributed by atoms with Crippen LogP contribution in [0.4, 0.5) is 10.1 Å². The Morgan fingerprint density at radius 2 is 1.83 bits per heavy atom. The number of phenolic OH excluding ortho intramolecular Hbond substituents is 1. The van der Waals surface area contributed by atoms with Crippen LogP contribution in [0.15, 0.2) is 52.0 Å². The van der Waals surface area contributed by atoms with Crippen molar-refractivity contribution in [2.24, 2.45) is 5.10 Å². The first-order valence-electron chi connectivity index (χ1n) is 6.34. The fraction of sp³-hybridized carbons (Fsp3) is 0. The van der Waals surface area contributed by atoms with Crippen molar-refractivity contribution in [1.29, 1.82) is 0 Å². The molecule has 0 aliphatic heterocycles. The van der Waals surface area contributed by atoms with Crippen molar-refractivity contribution in [3.05, 3.63) is 58.3 Å². The number of anilines is 1. The van der Waals surface area contributed by atoms with E-state index in [0.717, 1.165) is 16.6 Å². The standard InChI is InChI=1S/C15H11BrFN3O3/c16-10-1-6-13(21)9(7-10)8-18-20-15(23)14(22)19-12-4-2-11(17)3-5-12/h1-8,21H,(H,19,22)(H,20,23)/b18-8-. The van der Waals surface area contributed by atoms with E-state index < -0.39 is 17.6 Å². The Morgan fingerprint density at radius 3 is 2.52 bits per heavy atom. The van der Waals surface area contributed by atoms with Crippen LogP contribution < -0.4 is 10.7 Å². The van der Waals surface area contributed by atoms with Gasteiger partial charge in [0.2, 0.25) is 0 Å². The summed E-state index contributed by atoms with van der Waals surface area (Å²) < 4.78 is 13.5. The van der Waals surface area contributed by atoms with Gasteiger partial charge < -0.3 is 10.4 Å². The fourth-order valence-corrected chi connectivity index (χ4v) is 1.94. The number of hydrazone groups is 1. The van der Waals surface area contributed by atoms with E-state index in [9.17, 15) is 19.1 Å². The van der Waals surface area contributed by atoms with E-state index in [1.54, 1.807) is 12.1 Å². The summed E-state index contributed by atoms with van der Waals surface area (Å²) in [5.41, 5.74) is 2.66. The number of hydrogen-bond acceptors (Lipinski definition) is 4. The van der Waals surface area contributed by atoms with Crippen LogP contribution in [0.2, 0.25) is 0 Å². The Hall–Kier alpha value is -2.74. The number of nitrogens with one attached hydrogen (secondary N) is 2. The van der Waals surface area contributed by atoms with Gasteiger partial charge in [0, 0.05) is 15.7 Å². The Labute approximate surface area is 139 Å². The summed E-state index contributed by atoms with van der Waals surface area (Å²) in [6.45, 7) is 0. The Balaban J connectivity index is 1.93. The van der Waals surface area contributed by atoms with Crippen LogP contribution in [0.25, 0.3) is 0 Å². The summed E-state index contributed by atoms with van der Waals surface area (Å²) in [5, 5.41) is 15.5. The number of phenols is 1. The Kier molecular flexibility index (Phi) is 5.42. The van der Waals surface area contributed by atoms with Gasteiger partial charge in [-0.15, -0.1) is 0 Å². The molecule has 0 atom stereocenters. The Morgan fingerprint density at radius 1 is 1.13 bits per heavy atom. The van der Waals surface area contributed by atoms with Crippen LogP contribution in [0.3, 0.4) is 0 Å². The van der Waals surface area contributed by atoms with Gasteiger partial charge in [0.1, 0.15) is 11.6 Å². The molecule has 8 heteroatoms. The van der Waals surface area contributed by atoms with Crippen molar-refractivity contribution in [3.63, 3.8) is 0 Å². The molecule has 0 heterocycles. The molecule has 0 saturated carbocycles. The maximum atomic E-state index is 12.7. The first-order chi connectivity index (χ1) is 11.0. The van der Waals surface area contributed by atoms with Gasteiger partial charge >= 0.3 is 11.8 Å². The lowest BCUT2D eigenvalue weighted by Gasteiger charge is -2.03. The lowest BCUT2D eigenvalue weighted by molar-refractivity contribution is -0.136. The molecule has 3 N–H and O–H groups in total. The van der Waals surface area contributed by atoms with Gasteiger partial charge in [-0.25, -0.2) is 9.82 Å². The second-order valence-corrected chi connectivity index (χ2v) is 5.28. The first-order valence-corrected chi connectivity index (χ1v) is 7.13. The van der Waals surface area contributed by atoms with E-state index in [2.05, 4.69) is 26.3 Å². The van der Waals surface area contributed by atoms with E-state index in [-0.39, 0.29) is 11.4 Å². The molecule has 0 radical (unpaired) electrons. The molecule has 6 nitrogen and oxygen atoms in total. The van der Waals surface area contributed by atoms with Crippen molar-refractivity contribution in [2.75, 3.05) is 5.32 Å². The number of carbonyl (C=O) groups excluding carboxylic acids is 2. The second kappa shape index (κ2) is 7.50. The zero-order chi connectivity index (χ0) is 16.8. The molecule has 0 aliphatic rings. The molecular weight excluding hydrogens is 369 g/mol. The molecular formula is C15H11BrFN3O3. The van der Waals surface area contributed by atoms with Crippen molar-refractivity contribution < 1.29 is 19.1 Å². The van der Waals surface area contributed by atoms with Crippen molar-refractivity contribution >= 4 is 39.6 Å². The zero-order valence-corrected chi connectivity index (χ0v) is 13.2. The summed E-state index contributed by atoms with van der Waals surface area (Å²) in [4.78, 5) is 23.2. The monoisotopic (exact) mass is 379 g/mol. The second-order valence-electron chi connectivity index (χ2n) is 4.36. The van der Waals surface area contributed by atoms with Gasteiger partial charge in [-0.2, -0.15) is 5.10 Å². The maximum absolute atomic E-state index is 12.7. The molecule has 0 spiro atoms. The molecule has 0 saturated heterocycles. The predicted octanol–water partition coefficient (Wildman–Crippen LogP) is 2.38. The molecule has 2 aromatic rings. The van der Waals surface area contributed by atoms with Gasteiger partial charge in [-0.1, -0.05) is 15.9 Å². The lowest BCUT2D eigenvalue weighted by atomic mass is 10.2. The fourth-order valence-electron chi connectivity index (χ4n) is 1.56. The van der Waals surface area contributed by atoms with Crippen LogP contribution in [0.1, 0.15) is 5.56 Å². The number of benzene rings is 2. The van der Waals surface area contributed by atoms with Gasteiger partial charge in [0.25, 0.3) is 0 Å². The molecule has 2 amide bonds. The number of carbonyl (C=O) groups is 2. The third-order valence-electron chi connectivity index (χ3n) is 2.67. The Bertz CT molecular complexity index is 763. The number of halogens is 2. The van der Waals surface area contributed by atoms with Crippen LogP contribution >= 0.6 is 15.9 Å². The summed E-state index contributed by atoms with van der Waals surface area (Å²) in [6.07, 6.45) is 1.20. The highest BCUT2D eigenvalue weighted by atomic mass is 79.9. The van der Waals surface area contributed by atoms with E-state index in [0.29, 0.717) is 5.56 Å². The van der Waals surface area contributed by atoms with Gasteiger partial charge in [0.05, 0.1) is 6.21 Å². The third-order valence-corrected chi connectivity index (χ3v) is 3.16. The zero-order valence-electron chi connectivity index (χ0n) is 11.6. The number of rotatable bonds is 3. The molecule has 0 aromatic heterocycles. The van der Waals surface area contributed by atoms with Crippen LogP contribution in [-0.4, -0.2) is 23.1 Å². The van der Waals surface area contributed by atoms with Crippen LogP contribution in [-0.2, 0) is 9.59 Å². The lowest BCUT2D eigenvalue weighted by Crippen LogP contribution is -2.32.